The van der Waals surface area contributed by atoms with Gasteiger partial charge in [-0.1, -0.05) is 0 Å². The van der Waals surface area contributed by atoms with Crippen LogP contribution in [-0.2, 0) is 16.6 Å². The molecule has 1 saturated heterocycles. The molecule has 1 aromatic heterocycles. The molecule has 0 radical (unpaired) electrons. The van der Waals surface area contributed by atoms with E-state index in [1.807, 2.05) is 0 Å². The molecular weight excluding hydrogens is 220 g/mol. The average molecular weight is 238 g/mol. The monoisotopic (exact) mass is 238 g/mol. The fourth-order valence-electron chi connectivity index (χ4n) is 1.85. The number of carbonyl (C=O) groups is 1. The number of ether oxygens (including phenoxy) is 1. The third kappa shape index (κ3) is 3.04. The van der Waals surface area contributed by atoms with Crippen LogP contribution < -0.4 is 11.1 Å². The first kappa shape index (κ1) is 12.1. The summed E-state index contributed by atoms with van der Waals surface area (Å²) < 4.78 is 6.87. The molecule has 0 saturated carbocycles. The minimum absolute atomic E-state index is 0.162. The first-order valence-corrected chi connectivity index (χ1v) is 5.76. The van der Waals surface area contributed by atoms with Crippen molar-refractivity contribution in [1.82, 2.24) is 15.1 Å². The van der Waals surface area contributed by atoms with Gasteiger partial charge in [0.15, 0.2) is 0 Å². The second-order valence-corrected chi connectivity index (χ2v) is 4.40. The largest absolute Gasteiger partial charge is 0.381 e. The molecular formula is C11H18N4O2. The molecule has 0 bridgehead atoms. The standard InChI is InChI=1S/C11H18N4O2/c1-15-6-9(5-14-15)10(12)11(16)13-4-8-2-3-17-7-8/h5-6,8,10H,2-4,7,12H2,1H3,(H,13,16). The van der Waals surface area contributed by atoms with E-state index in [1.54, 1.807) is 24.1 Å². The Kier molecular flexibility index (Phi) is 3.75. The zero-order valence-corrected chi connectivity index (χ0v) is 9.93. The van der Waals surface area contributed by atoms with E-state index in [1.165, 1.54) is 0 Å². The molecule has 1 amide bonds. The summed E-state index contributed by atoms with van der Waals surface area (Å²) in [5, 5.41) is 6.85. The Morgan fingerprint density at radius 2 is 2.65 bits per heavy atom. The van der Waals surface area contributed by atoms with Crippen molar-refractivity contribution in [3.05, 3.63) is 18.0 Å². The third-order valence-corrected chi connectivity index (χ3v) is 2.96. The molecule has 6 heteroatoms. The summed E-state index contributed by atoms with van der Waals surface area (Å²) in [4.78, 5) is 11.8. The Hall–Kier alpha value is -1.40. The highest BCUT2D eigenvalue weighted by Gasteiger charge is 2.20. The van der Waals surface area contributed by atoms with Crippen LogP contribution in [0.5, 0.6) is 0 Å². The predicted molar refractivity (Wildman–Crippen MR) is 62.1 cm³/mol. The van der Waals surface area contributed by atoms with Crippen molar-refractivity contribution in [1.29, 1.82) is 0 Å². The van der Waals surface area contributed by atoms with Gasteiger partial charge in [-0.2, -0.15) is 5.10 Å². The smallest absolute Gasteiger partial charge is 0.241 e. The van der Waals surface area contributed by atoms with E-state index in [4.69, 9.17) is 10.5 Å². The first-order valence-electron chi connectivity index (χ1n) is 5.76. The van der Waals surface area contributed by atoms with Crippen LogP contribution in [0.1, 0.15) is 18.0 Å². The Balaban J connectivity index is 1.82. The van der Waals surface area contributed by atoms with Crippen LogP contribution in [0.25, 0.3) is 0 Å². The highest BCUT2D eigenvalue weighted by molar-refractivity contribution is 5.82. The van der Waals surface area contributed by atoms with Crippen molar-refractivity contribution in [3.8, 4) is 0 Å². The average Bonchev–Trinajstić information content (AvgIpc) is 2.95. The molecule has 1 aliphatic rings. The van der Waals surface area contributed by atoms with Gasteiger partial charge in [-0.15, -0.1) is 0 Å². The van der Waals surface area contributed by atoms with Crippen LogP contribution >= 0.6 is 0 Å². The van der Waals surface area contributed by atoms with E-state index in [9.17, 15) is 4.79 Å². The van der Waals surface area contributed by atoms with E-state index in [0.29, 0.717) is 12.5 Å². The molecule has 17 heavy (non-hydrogen) atoms. The summed E-state index contributed by atoms with van der Waals surface area (Å²) in [7, 11) is 1.80. The van der Waals surface area contributed by atoms with E-state index in [-0.39, 0.29) is 5.91 Å². The van der Waals surface area contributed by atoms with Crippen molar-refractivity contribution in [2.45, 2.75) is 12.5 Å². The number of amides is 1. The van der Waals surface area contributed by atoms with Crippen LogP contribution in [-0.4, -0.2) is 35.4 Å². The first-order chi connectivity index (χ1) is 8.16. The minimum Gasteiger partial charge on any atom is -0.381 e. The zero-order valence-electron chi connectivity index (χ0n) is 9.93. The zero-order chi connectivity index (χ0) is 12.3. The molecule has 3 N–H and O–H groups in total. The number of hydrogen-bond acceptors (Lipinski definition) is 4. The topological polar surface area (TPSA) is 82.2 Å². The molecule has 0 spiro atoms. The Morgan fingerprint density at radius 3 is 3.24 bits per heavy atom. The SMILES string of the molecule is Cn1cc(C(N)C(=O)NCC2CCOC2)cn1. The molecule has 1 fully saturated rings. The van der Waals surface area contributed by atoms with Gasteiger partial charge in [0.2, 0.25) is 5.91 Å². The molecule has 1 aromatic rings. The maximum atomic E-state index is 11.8. The second-order valence-electron chi connectivity index (χ2n) is 4.40. The third-order valence-electron chi connectivity index (χ3n) is 2.96. The van der Waals surface area contributed by atoms with Crippen molar-refractivity contribution >= 4 is 5.91 Å². The lowest BCUT2D eigenvalue weighted by molar-refractivity contribution is -0.122. The number of nitrogens with one attached hydrogen (secondary N) is 1. The summed E-state index contributed by atoms with van der Waals surface area (Å²) in [6, 6.07) is -0.647. The van der Waals surface area contributed by atoms with Crippen molar-refractivity contribution in [2.75, 3.05) is 19.8 Å². The van der Waals surface area contributed by atoms with E-state index >= 15 is 0 Å². The number of aryl methyl sites for hydroxylation is 1. The molecule has 1 aliphatic heterocycles. The molecule has 2 atom stereocenters. The van der Waals surface area contributed by atoms with Gasteiger partial charge < -0.3 is 15.8 Å². The lowest BCUT2D eigenvalue weighted by atomic mass is 10.1. The van der Waals surface area contributed by atoms with Crippen molar-refractivity contribution in [2.24, 2.45) is 18.7 Å². The fraction of sp³-hybridized carbons (Fsp3) is 0.636. The summed E-state index contributed by atoms with van der Waals surface area (Å²) in [5.41, 5.74) is 6.57. The molecule has 2 heterocycles. The molecule has 0 aromatic carbocycles. The number of rotatable bonds is 4. The molecule has 2 rings (SSSR count). The Labute approximate surface area is 100 Å². The molecule has 0 aliphatic carbocycles. The van der Waals surface area contributed by atoms with Crippen LogP contribution in [0, 0.1) is 5.92 Å². The predicted octanol–water partition coefficient (Wildman–Crippen LogP) is -0.427. The highest BCUT2D eigenvalue weighted by Crippen LogP contribution is 2.12. The lowest BCUT2D eigenvalue weighted by Crippen LogP contribution is -2.37. The van der Waals surface area contributed by atoms with E-state index in [0.717, 1.165) is 25.2 Å². The molecule has 2 unspecified atom stereocenters. The summed E-state index contributed by atoms with van der Waals surface area (Å²) >= 11 is 0. The maximum absolute atomic E-state index is 11.8. The van der Waals surface area contributed by atoms with E-state index in [2.05, 4.69) is 10.4 Å². The van der Waals surface area contributed by atoms with Crippen molar-refractivity contribution < 1.29 is 9.53 Å². The second kappa shape index (κ2) is 5.29. The van der Waals surface area contributed by atoms with Gasteiger partial charge in [-0.3, -0.25) is 9.48 Å². The van der Waals surface area contributed by atoms with Crippen LogP contribution in [0.4, 0.5) is 0 Å². The summed E-state index contributed by atoms with van der Waals surface area (Å²) in [5.74, 6) is 0.255. The van der Waals surface area contributed by atoms with E-state index < -0.39 is 6.04 Å². The van der Waals surface area contributed by atoms with Gasteiger partial charge in [-0.05, 0) is 6.42 Å². The van der Waals surface area contributed by atoms with Gasteiger partial charge in [0.25, 0.3) is 0 Å². The van der Waals surface area contributed by atoms with Crippen molar-refractivity contribution in [3.63, 3.8) is 0 Å². The van der Waals surface area contributed by atoms with Gasteiger partial charge >= 0.3 is 0 Å². The number of carbonyl (C=O) groups excluding carboxylic acids is 1. The maximum Gasteiger partial charge on any atom is 0.241 e. The highest BCUT2D eigenvalue weighted by atomic mass is 16.5. The normalized spacial score (nSPS) is 21.4. The summed E-state index contributed by atoms with van der Waals surface area (Å²) in [6.45, 7) is 2.14. The van der Waals surface area contributed by atoms with Gasteiger partial charge in [-0.25, -0.2) is 0 Å². The Bertz CT molecular complexity index is 385. The number of hydrogen-bond donors (Lipinski definition) is 2. The number of nitrogens with two attached hydrogens (primary N) is 1. The van der Waals surface area contributed by atoms with Crippen LogP contribution in [0.3, 0.4) is 0 Å². The number of aromatic nitrogens is 2. The van der Waals surface area contributed by atoms with Gasteiger partial charge in [0.05, 0.1) is 12.8 Å². The van der Waals surface area contributed by atoms with Crippen LogP contribution in [0.2, 0.25) is 0 Å². The molecule has 6 nitrogen and oxygen atoms in total. The molecule has 94 valence electrons. The Morgan fingerprint density at radius 1 is 1.82 bits per heavy atom. The minimum atomic E-state index is -0.647. The quantitative estimate of drug-likeness (QED) is 0.746. The van der Waals surface area contributed by atoms with Gasteiger partial charge in [0, 0.05) is 37.9 Å². The van der Waals surface area contributed by atoms with Gasteiger partial charge in [0.1, 0.15) is 6.04 Å². The fourth-order valence-corrected chi connectivity index (χ4v) is 1.85. The summed E-state index contributed by atoms with van der Waals surface area (Å²) in [6.07, 6.45) is 4.37. The number of nitrogens with zero attached hydrogens (tertiary/aromatic N) is 2. The lowest BCUT2D eigenvalue weighted by Gasteiger charge is -2.13. The van der Waals surface area contributed by atoms with Crippen LogP contribution in [0.15, 0.2) is 12.4 Å².